The van der Waals surface area contributed by atoms with E-state index in [9.17, 15) is 17.6 Å². The first-order chi connectivity index (χ1) is 17.7. The van der Waals surface area contributed by atoms with Gasteiger partial charge < -0.3 is 14.6 Å². The van der Waals surface area contributed by atoms with Gasteiger partial charge in [-0.25, -0.2) is 22.8 Å². The molecule has 2 aromatic carbocycles. The van der Waals surface area contributed by atoms with Crippen molar-refractivity contribution in [1.29, 1.82) is 0 Å². The number of hydrogen-bond donors (Lipinski definition) is 1. The van der Waals surface area contributed by atoms with Crippen LogP contribution in [-0.2, 0) is 22.9 Å². The Balaban J connectivity index is 1.80. The molecule has 0 aliphatic carbocycles. The number of aromatic nitrogens is 2. The van der Waals surface area contributed by atoms with E-state index in [-0.39, 0.29) is 30.4 Å². The van der Waals surface area contributed by atoms with Crippen LogP contribution in [-0.4, -0.2) is 30.0 Å². The standard InChI is InChI=1S/C27H27FN4O4S/c1-4-37(34,35)27-29-15-24(25(31-27)26(33)30-23-12-7-18(2)14-19(23)3)32(17-22-6-5-13-36-22)16-20-8-10-21(28)11-9-20/h5-15H,4,16-17H2,1-3H3,(H,30,33). The number of carbonyl (C=O) groups is 1. The van der Waals surface area contributed by atoms with Crippen molar-refractivity contribution in [2.45, 2.75) is 39.0 Å². The molecule has 0 atom stereocenters. The van der Waals surface area contributed by atoms with E-state index in [2.05, 4.69) is 15.3 Å². The van der Waals surface area contributed by atoms with Gasteiger partial charge in [-0.15, -0.1) is 0 Å². The molecule has 8 nitrogen and oxygen atoms in total. The minimum absolute atomic E-state index is 0.101. The molecule has 0 radical (unpaired) electrons. The first-order valence-corrected chi connectivity index (χ1v) is 13.3. The van der Waals surface area contributed by atoms with Crippen LogP contribution >= 0.6 is 0 Å². The van der Waals surface area contributed by atoms with Crippen LogP contribution in [0.2, 0.25) is 0 Å². The molecule has 0 unspecified atom stereocenters. The van der Waals surface area contributed by atoms with E-state index in [1.54, 1.807) is 35.2 Å². The summed E-state index contributed by atoms with van der Waals surface area (Å²) in [5.41, 5.74) is 3.44. The molecule has 0 bridgehead atoms. The highest BCUT2D eigenvalue weighted by atomic mass is 32.2. The number of nitrogens with one attached hydrogen (secondary N) is 1. The number of rotatable bonds is 9. The van der Waals surface area contributed by atoms with Gasteiger partial charge in [-0.1, -0.05) is 36.8 Å². The normalized spacial score (nSPS) is 11.4. The molecule has 0 aliphatic heterocycles. The van der Waals surface area contributed by atoms with E-state index in [0.717, 1.165) is 16.7 Å². The Kier molecular flexibility index (Phi) is 7.68. The largest absolute Gasteiger partial charge is 0.467 e. The lowest BCUT2D eigenvalue weighted by molar-refractivity contribution is 0.102. The molecule has 0 saturated carbocycles. The molecule has 37 heavy (non-hydrogen) atoms. The molecule has 4 rings (SSSR count). The van der Waals surface area contributed by atoms with Crippen molar-refractivity contribution in [1.82, 2.24) is 9.97 Å². The summed E-state index contributed by atoms with van der Waals surface area (Å²) in [6.07, 6.45) is 2.87. The smallest absolute Gasteiger partial charge is 0.276 e. The summed E-state index contributed by atoms with van der Waals surface area (Å²) in [4.78, 5) is 23.6. The van der Waals surface area contributed by atoms with Gasteiger partial charge in [-0.3, -0.25) is 4.79 Å². The molecule has 0 fully saturated rings. The second-order valence-electron chi connectivity index (χ2n) is 8.62. The molecule has 1 amide bonds. The molecule has 4 aromatic rings. The Morgan fingerprint density at radius 2 is 1.84 bits per heavy atom. The van der Waals surface area contributed by atoms with Gasteiger partial charge in [0.25, 0.3) is 5.91 Å². The van der Waals surface area contributed by atoms with Gasteiger partial charge in [-0.2, -0.15) is 0 Å². The summed E-state index contributed by atoms with van der Waals surface area (Å²) in [7, 11) is -3.78. The number of carbonyl (C=O) groups excluding carboxylic acids is 1. The van der Waals surface area contributed by atoms with Gasteiger partial charge in [0, 0.05) is 12.2 Å². The number of nitrogens with zero attached hydrogens (tertiary/aromatic N) is 3. The average Bonchev–Trinajstić information content (AvgIpc) is 3.39. The van der Waals surface area contributed by atoms with Gasteiger partial charge in [0.1, 0.15) is 11.6 Å². The van der Waals surface area contributed by atoms with Crippen molar-refractivity contribution in [2.75, 3.05) is 16.0 Å². The first kappa shape index (κ1) is 26.0. The van der Waals surface area contributed by atoms with E-state index in [1.807, 2.05) is 26.0 Å². The minimum Gasteiger partial charge on any atom is -0.467 e. The summed E-state index contributed by atoms with van der Waals surface area (Å²) in [5.74, 6) is -0.559. The SMILES string of the molecule is CCS(=O)(=O)c1ncc(N(Cc2ccc(F)cc2)Cc2ccco2)c(C(=O)Nc2ccc(C)cc2C)n1. The molecule has 0 spiro atoms. The molecule has 2 aromatic heterocycles. The Labute approximate surface area is 215 Å². The third kappa shape index (κ3) is 6.21. The predicted molar refractivity (Wildman–Crippen MR) is 139 cm³/mol. The fraction of sp³-hybridized carbons (Fsp3) is 0.222. The van der Waals surface area contributed by atoms with Crippen molar-refractivity contribution in [3.8, 4) is 0 Å². The highest BCUT2D eigenvalue weighted by Crippen LogP contribution is 2.26. The van der Waals surface area contributed by atoms with Crippen molar-refractivity contribution in [3.63, 3.8) is 0 Å². The van der Waals surface area contributed by atoms with Crippen LogP contribution in [0.1, 0.15) is 39.9 Å². The highest BCUT2D eigenvalue weighted by Gasteiger charge is 2.25. The van der Waals surface area contributed by atoms with Crippen molar-refractivity contribution in [2.24, 2.45) is 0 Å². The molecule has 0 aliphatic rings. The average molecular weight is 523 g/mol. The van der Waals surface area contributed by atoms with Crippen molar-refractivity contribution < 1.29 is 22.0 Å². The summed E-state index contributed by atoms with van der Waals surface area (Å²) >= 11 is 0. The Morgan fingerprint density at radius 3 is 2.49 bits per heavy atom. The monoisotopic (exact) mass is 522 g/mol. The summed E-state index contributed by atoms with van der Waals surface area (Å²) in [6.45, 7) is 5.80. The zero-order valence-corrected chi connectivity index (χ0v) is 21.5. The maximum absolute atomic E-state index is 13.5. The van der Waals surface area contributed by atoms with Crippen molar-refractivity contribution >= 4 is 27.1 Å². The van der Waals surface area contributed by atoms with Crippen LogP contribution in [0.25, 0.3) is 0 Å². The highest BCUT2D eigenvalue weighted by molar-refractivity contribution is 7.91. The number of amides is 1. The second kappa shape index (κ2) is 10.9. The van der Waals surface area contributed by atoms with Crippen LogP contribution < -0.4 is 10.2 Å². The molecule has 0 saturated heterocycles. The second-order valence-corrected chi connectivity index (χ2v) is 10.8. The molecular formula is C27H27FN4O4S. The van der Waals surface area contributed by atoms with Crippen LogP contribution in [0.5, 0.6) is 0 Å². The maximum Gasteiger partial charge on any atom is 0.276 e. The van der Waals surface area contributed by atoms with Gasteiger partial charge >= 0.3 is 0 Å². The zero-order valence-electron chi connectivity index (χ0n) is 20.7. The van der Waals surface area contributed by atoms with E-state index < -0.39 is 20.9 Å². The molecule has 192 valence electrons. The van der Waals surface area contributed by atoms with Gasteiger partial charge in [0.05, 0.1) is 30.4 Å². The molecule has 1 N–H and O–H groups in total. The van der Waals surface area contributed by atoms with E-state index in [4.69, 9.17) is 4.42 Å². The Hall–Kier alpha value is -4.05. The lowest BCUT2D eigenvalue weighted by atomic mass is 10.1. The first-order valence-electron chi connectivity index (χ1n) is 11.7. The van der Waals surface area contributed by atoms with E-state index in [1.165, 1.54) is 31.5 Å². The summed E-state index contributed by atoms with van der Waals surface area (Å²) in [6, 6.07) is 15.1. The third-order valence-electron chi connectivity index (χ3n) is 5.80. The number of sulfone groups is 1. The lowest BCUT2D eigenvalue weighted by Crippen LogP contribution is -2.28. The van der Waals surface area contributed by atoms with Crippen molar-refractivity contribution in [3.05, 3.63) is 101 Å². The van der Waals surface area contributed by atoms with Crippen LogP contribution in [0, 0.1) is 19.7 Å². The number of furan rings is 1. The predicted octanol–water partition coefficient (Wildman–Crippen LogP) is 5.08. The quantitative estimate of drug-likeness (QED) is 0.306. The Bertz CT molecular complexity index is 1500. The fourth-order valence-corrected chi connectivity index (χ4v) is 4.50. The van der Waals surface area contributed by atoms with Gasteiger partial charge in [-0.05, 0) is 55.3 Å². The van der Waals surface area contributed by atoms with E-state index >= 15 is 0 Å². The third-order valence-corrected chi connectivity index (χ3v) is 7.32. The fourth-order valence-electron chi connectivity index (χ4n) is 3.80. The maximum atomic E-state index is 13.5. The summed E-state index contributed by atoms with van der Waals surface area (Å²) in [5, 5.41) is 2.43. The molecule has 2 heterocycles. The summed E-state index contributed by atoms with van der Waals surface area (Å²) < 4.78 is 44.2. The minimum atomic E-state index is -3.78. The molecular weight excluding hydrogens is 495 g/mol. The number of benzene rings is 2. The lowest BCUT2D eigenvalue weighted by Gasteiger charge is -2.25. The zero-order chi connectivity index (χ0) is 26.6. The number of anilines is 2. The Morgan fingerprint density at radius 1 is 1.08 bits per heavy atom. The van der Waals surface area contributed by atoms with E-state index in [0.29, 0.717) is 17.1 Å². The van der Waals surface area contributed by atoms with Crippen LogP contribution in [0.15, 0.2) is 76.6 Å². The molecule has 10 heteroatoms. The topological polar surface area (TPSA) is 105 Å². The van der Waals surface area contributed by atoms with Gasteiger partial charge in [0.15, 0.2) is 5.69 Å². The number of halogens is 1. The van der Waals surface area contributed by atoms with Crippen LogP contribution in [0.3, 0.4) is 0 Å². The number of aryl methyl sites for hydroxylation is 2. The van der Waals surface area contributed by atoms with Crippen LogP contribution in [0.4, 0.5) is 15.8 Å². The number of hydrogen-bond acceptors (Lipinski definition) is 7. The van der Waals surface area contributed by atoms with Gasteiger partial charge in [0.2, 0.25) is 15.0 Å².